The normalized spacial score (nSPS) is 13.4. The molecular weight excluding hydrogens is 288 g/mol. The minimum Gasteiger partial charge on any atom is -0.454 e. The monoisotopic (exact) mass is 308 g/mol. The highest BCUT2D eigenvalue weighted by molar-refractivity contribution is 6.31. The summed E-state index contributed by atoms with van der Waals surface area (Å²) in [5, 5.41) is 0.643. The Kier molecular flexibility index (Phi) is 4.28. The molecule has 5 heteroatoms. The Labute approximate surface area is 130 Å². The van der Waals surface area contributed by atoms with E-state index in [1.807, 2.05) is 57.5 Å². The first kappa shape index (κ1) is 15.8. The number of ether oxygens (including phenoxy) is 1. The Morgan fingerprint density at radius 2 is 2.10 bits per heavy atom. The lowest BCUT2D eigenvalue weighted by molar-refractivity contribution is -0.151. The number of imidazole rings is 1. The van der Waals surface area contributed by atoms with E-state index in [1.54, 1.807) is 0 Å². The lowest BCUT2D eigenvalue weighted by Crippen LogP contribution is -2.18. The summed E-state index contributed by atoms with van der Waals surface area (Å²) in [6, 6.07) is 5.55. The number of carbonyl (C=O) groups excluding carboxylic acids is 1. The van der Waals surface area contributed by atoms with Crippen molar-refractivity contribution in [2.45, 2.75) is 40.2 Å². The third-order valence-electron chi connectivity index (χ3n) is 3.22. The Bertz CT molecular complexity index is 671. The van der Waals surface area contributed by atoms with Crippen LogP contribution < -0.4 is 0 Å². The number of aryl methyl sites for hydroxylation is 1. The van der Waals surface area contributed by atoms with Gasteiger partial charge in [-0.05, 0) is 30.5 Å². The van der Waals surface area contributed by atoms with Crippen LogP contribution in [0.1, 0.15) is 46.0 Å². The summed E-state index contributed by atoms with van der Waals surface area (Å²) >= 11 is 5.98. The van der Waals surface area contributed by atoms with Crippen molar-refractivity contribution >= 4 is 28.6 Å². The fourth-order valence-corrected chi connectivity index (χ4v) is 2.45. The van der Waals surface area contributed by atoms with Gasteiger partial charge in [-0.1, -0.05) is 32.4 Å². The van der Waals surface area contributed by atoms with Gasteiger partial charge in [0.1, 0.15) is 0 Å². The molecule has 0 N–H and O–H groups in total. The van der Waals surface area contributed by atoms with E-state index in [0.717, 1.165) is 16.9 Å². The van der Waals surface area contributed by atoms with Crippen molar-refractivity contribution in [3.8, 4) is 0 Å². The van der Waals surface area contributed by atoms with Gasteiger partial charge in [0.15, 0.2) is 11.9 Å². The van der Waals surface area contributed by atoms with Gasteiger partial charge in [0.05, 0.1) is 17.5 Å². The minimum absolute atomic E-state index is 0.0866. The number of rotatable bonds is 3. The van der Waals surface area contributed by atoms with Gasteiger partial charge in [0.25, 0.3) is 0 Å². The van der Waals surface area contributed by atoms with Crippen molar-refractivity contribution < 1.29 is 9.53 Å². The fraction of sp³-hybridized carbons (Fsp3) is 0.500. The Morgan fingerprint density at radius 1 is 1.43 bits per heavy atom. The van der Waals surface area contributed by atoms with Crippen LogP contribution in [-0.2, 0) is 16.6 Å². The molecule has 0 aliphatic carbocycles. The molecule has 0 saturated heterocycles. The van der Waals surface area contributed by atoms with Crippen LogP contribution in [-0.4, -0.2) is 15.5 Å². The van der Waals surface area contributed by atoms with Crippen molar-refractivity contribution in [3.63, 3.8) is 0 Å². The largest absolute Gasteiger partial charge is 0.454 e. The van der Waals surface area contributed by atoms with Crippen LogP contribution in [0.4, 0.5) is 0 Å². The highest BCUT2D eigenvalue weighted by Gasteiger charge is 2.22. The van der Waals surface area contributed by atoms with E-state index >= 15 is 0 Å². The summed E-state index contributed by atoms with van der Waals surface area (Å²) in [7, 11) is 1.91. The first-order valence-electron chi connectivity index (χ1n) is 6.99. The lowest BCUT2D eigenvalue weighted by Gasteiger charge is -2.19. The van der Waals surface area contributed by atoms with E-state index in [4.69, 9.17) is 16.3 Å². The van der Waals surface area contributed by atoms with Crippen molar-refractivity contribution in [1.29, 1.82) is 0 Å². The van der Waals surface area contributed by atoms with Crippen molar-refractivity contribution in [3.05, 3.63) is 29.0 Å². The van der Waals surface area contributed by atoms with Gasteiger partial charge >= 0.3 is 5.97 Å². The second kappa shape index (κ2) is 5.68. The maximum absolute atomic E-state index is 11.9. The minimum atomic E-state index is -0.393. The summed E-state index contributed by atoms with van der Waals surface area (Å²) in [6.45, 7) is 7.87. The molecule has 2 rings (SSSR count). The number of hydrogen-bond acceptors (Lipinski definition) is 3. The molecule has 0 amide bonds. The topological polar surface area (TPSA) is 44.1 Å². The Balaban J connectivity index is 2.21. The number of esters is 1. The van der Waals surface area contributed by atoms with Crippen LogP contribution in [0.2, 0.25) is 5.02 Å². The van der Waals surface area contributed by atoms with Gasteiger partial charge in [-0.2, -0.15) is 0 Å². The van der Waals surface area contributed by atoms with Crippen LogP contribution in [0.3, 0.4) is 0 Å². The molecule has 114 valence electrons. The highest BCUT2D eigenvalue weighted by Crippen LogP contribution is 2.26. The quantitative estimate of drug-likeness (QED) is 0.795. The Morgan fingerprint density at radius 3 is 2.71 bits per heavy atom. The third-order valence-corrected chi connectivity index (χ3v) is 3.46. The van der Waals surface area contributed by atoms with Gasteiger partial charge in [-0.25, -0.2) is 4.98 Å². The predicted octanol–water partition coefficient (Wildman–Crippen LogP) is 4.27. The smallest absolute Gasteiger partial charge is 0.307 e. The van der Waals surface area contributed by atoms with Crippen LogP contribution in [0.5, 0.6) is 0 Å². The zero-order valence-electron chi connectivity index (χ0n) is 13.1. The number of aromatic nitrogens is 2. The van der Waals surface area contributed by atoms with Gasteiger partial charge < -0.3 is 9.30 Å². The van der Waals surface area contributed by atoms with Crippen LogP contribution in [0.25, 0.3) is 11.0 Å². The number of benzene rings is 1. The maximum Gasteiger partial charge on any atom is 0.307 e. The molecule has 0 saturated carbocycles. The van der Waals surface area contributed by atoms with Crippen LogP contribution >= 0.6 is 11.6 Å². The number of fused-ring (bicyclic) bond motifs is 1. The molecule has 1 atom stereocenters. The zero-order chi connectivity index (χ0) is 15.8. The molecular formula is C16H21ClN2O2. The predicted molar refractivity (Wildman–Crippen MR) is 84.3 cm³/mol. The van der Waals surface area contributed by atoms with Crippen LogP contribution in [0.15, 0.2) is 18.2 Å². The van der Waals surface area contributed by atoms with E-state index in [1.165, 1.54) is 0 Å². The summed E-state index contributed by atoms with van der Waals surface area (Å²) in [6.07, 6.45) is -0.0105. The van der Waals surface area contributed by atoms with Crippen molar-refractivity contribution in [2.75, 3.05) is 0 Å². The van der Waals surface area contributed by atoms with E-state index in [9.17, 15) is 4.79 Å². The molecule has 1 aromatic carbocycles. The molecule has 0 unspecified atom stereocenters. The number of hydrogen-bond donors (Lipinski definition) is 0. The summed E-state index contributed by atoms with van der Waals surface area (Å²) in [4.78, 5) is 16.5. The average molecular weight is 309 g/mol. The molecule has 0 aliphatic rings. The first-order valence-corrected chi connectivity index (χ1v) is 7.36. The van der Waals surface area contributed by atoms with Crippen molar-refractivity contribution in [2.24, 2.45) is 12.5 Å². The number of carbonyl (C=O) groups is 1. The van der Waals surface area contributed by atoms with Gasteiger partial charge in [-0.15, -0.1) is 0 Å². The first-order chi connectivity index (χ1) is 9.67. The summed E-state index contributed by atoms with van der Waals surface area (Å²) in [5.41, 5.74) is 1.68. The molecule has 1 aromatic heterocycles. The molecule has 2 aromatic rings. The lowest BCUT2D eigenvalue weighted by atomic mass is 9.92. The number of nitrogens with zero attached hydrogens (tertiary/aromatic N) is 2. The number of halogens is 1. The highest BCUT2D eigenvalue weighted by atomic mass is 35.5. The fourth-order valence-electron chi connectivity index (χ4n) is 2.28. The van der Waals surface area contributed by atoms with E-state index in [-0.39, 0.29) is 11.4 Å². The molecule has 0 fully saturated rings. The SMILES string of the molecule is C[C@@H](OC(=O)CC(C)(C)C)c1nc2cc(Cl)ccc2n1C. The van der Waals surface area contributed by atoms with E-state index in [2.05, 4.69) is 4.98 Å². The van der Waals surface area contributed by atoms with Crippen molar-refractivity contribution in [1.82, 2.24) is 9.55 Å². The molecule has 0 radical (unpaired) electrons. The summed E-state index contributed by atoms with van der Waals surface area (Å²) in [5.74, 6) is 0.509. The van der Waals surface area contributed by atoms with Gasteiger partial charge in [0.2, 0.25) is 0 Å². The maximum atomic E-state index is 11.9. The van der Waals surface area contributed by atoms with E-state index < -0.39 is 6.10 Å². The van der Waals surface area contributed by atoms with Crippen LogP contribution in [0, 0.1) is 5.41 Å². The van der Waals surface area contributed by atoms with Gasteiger partial charge in [0, 0.05) is 12.1 Å². The van der Waals surface area contributed by atoms with E-state index in [0.29, 0.717) is 11.4 Å². The second-order valence-electron chi connectivity index (χ2n) is 6.53. The summed E-state index contributed by atoms with van der Waals surface area (Å²) < 4.78 is 7.43. The third kappa shape index (κ3) is 3.76. The molecule has 0 aliphatic heterocycles. The van der Waals surface area contributed by atoms with Gasteiger partial charge in [-0.3, -0.25) is 4.79 Å². The molecule has 4 nitrogen and oxygen atoms in total. The molecule has 1 heterocycles. The molecule has 0 bridgehead atoms. The average Bonchev–Trinajstić information content (AvgIpc) is 2.63. The Hall–Kier alpha value is -1.55. The molecule has 0 spiro atoms. The zero-order valence-corrected chi connectivity index (χ0v) is 13.9. The standard InChI is InChI=1S/C16H21ClN2O2/c1-10(21-14(20)9-16(2,3)4)15-18-12-8-11(17)6-7-13(12)19(15)5/h6-8,10H,9H2,1-5H3/t10-/m1/s1. The molecule has 21 heavy (non-hydrogen) atoms. The second-order valence-corrected chi connectivity index (χ2v) is 6.97.